The molecule has 4 rings (SSSR count). The summed E-state index contributed by atoms with van der Waals surface area (Å²) in [5.74, 6) is -3.09. The Morgan fingerprint density at radius 1 is 1.00 bits per heavy atom. The molecule has 0 radical (unpaired) electrons. The molecule has 6 heteroatoms. The predicted molar refractivity (Wildman–Crippen MR) is 97.6 cm³/mol. The van der Waals surface area contributed by atoms with Crippen molar-refractivity contribution in [2.45, 2.75) is 25.7 Å². The average molecular weight is 367 g/mol. The lowest BCUT2D eigenvalue weighted by Crippen LogP contribution is -2.42. The van der Waals surface area contributed by atoms with E-state index in [1.807, 2.05) is 17.1 Å². The number of fused-ring (bicyclic) bond motifs is 2. The molecule has 1 aliphatic heterocycles. The Hall–Kier alpha value is -2.63. The number of benzene rings is 1. The van der Waals surface area contributed by atoms with Crippen LogP contribution in [0, 0.1) is 23.7 Å². The first kappa shape index (κ1) is 17.8. The third kappa shape index (κ3) is 3.36. The molecule has 4 atom stereocenters. The largest absolute Gasteiger partial charge is 0.550 e. The lowest BCUT2D eigenvalue weighted by molar-refractivity contribution is -0.313. The van der Waals surface area contributed by atoms with E-state index in [1.165, 1.54) is 0 Å². The fourth-order valence-electron chi connectivity index (χ4n) is 4.74. The highest BCUT2D eigenvalue weighted by molar-refractivity contribution is 5.99. The van der Waals surface area contributed by atoms with E-state index in [9.17, 15) is 19.5 Å². The predicted octanol–water partition coefficient (Wildman–Crippen LogP) is 1.44. The second kappa shape index (κ2) is 7.18. The van der Waals surface area contributed by atoms with Crippen LogP contribution >= 0.6 is 0 Å². The van der Waals surface area contributed by atoms with Gasteiger partial charge in [0.15, 0.2) is 0 Å². The third-order valence-electron chi connectivity index (χ3n) is 6.05. The molecule has 142 valence electrons. The SMILES string of the molecule is O=C([O-])[C@@H]1[C@H](C(=O)Nc2cccc(C(=O)N3CCCCC3)c2)[C@@H]2C=C[C@H]1C2. The number of hydrogen-bond acceptors (Lipinski definition) is 4. The van der Waals surface area contributed by atoms with Gasteiger partial charge in [0, 0.05) is 36.2 Å². The average Bonchev–Trinajstić information content (AvgIpc) is 3.30. The number of nitrogens with one attached hydrogen (secondary N) is 1. The molecule has 2 bridgehead atoms. The van der Waals surface area contributed by atoms with E-state index in [1.54, 1.807) is 24.3 Å². The van der Waals surface area contributed by atoms with Gasteiger partial charge < -0.3 is 20.1 Å². The van der Waals surface area contributed by atoms with Crippen molar-refractivity contribution in [3.05, 3.63) is 42.0 Å². The molecular formula is C21H23N2O4-. The number of likely N-dealkylation sites (tertiary alicyclic amines) is 1. The van der Waals surface area contributed by atoms with Crippen molar-refractivity contribution in [1.82, 2.24) is 4.90 Å². The number of carboxylic acids is 1. The molecule has 1 saturated heterocycles. The summed E-state index contributed by atoms with van der Waals surface area (Å²) in [6.07, 6.45) is 7.69. The highest BCUT2D eigenvalue weighted by atomic mass is 16.4. The maximum atomic E-state index is 12.8. The van der Waals surface area contributed by atoms with Gasteiger partial charge >= 0.3 is 0 Å². The molecule has 0 unspecified atom stereocenters. The van der Waals surface area contributed by atoms with Crippen molar-refractivity contribution in [3.8, 4) is 0 Å². The number of carboxylic acid groups (broad SMARTS) is 1. The van der Waals surface area contributed by atoms with Crippen LogP contribution < -0.4 is 10.4 Å². The molecule has 2 aliphatic carbocycles. The maximum absolute atomic E-state index is 12.8. The number of rotatable bonds is 4. The first-order valence-electron chi connectivity index (χ1n) is 9.64. The van der Waals surface area contributed by atoms with Gasteiger partial charge in [-0.15, -0.1) is 0 Å². The van der Waals surface area contributed by atoms with Crippen molar-refractivity contribution in [1.29, 1.82) is 0 Å². The highest BCUT2D eigenvalue weighted by Crippen LogP contribution is 2.48. The molecule has 1 saturated carbocycles. The van der Waals surface area contributed by atoms with Crippen molar-refractivity contribution < 1.29 is 19.5 Å². The van der Waals surface area contributed by atoms with Crippen LogP contribution in [0.15, 0.2) is 36.4 Å². The summed E-state index contributed by atoms with van der Waals surface area (Å²) >= 11 is 0. The van der Waals surface area contributed by atoms with Gasteiger partial charge in [0.05, 0.1) is 5.92 Å². The number of anilines is 1. The summed E-state index contributed by atoms with van der Waals surface area (Å²) in [5.41, 5.74) is 1.06. The number of aliphatic carboxylic acids is 1. The van der Waals surface area contributed by atoms with Crippen molar-refractivity contribution in [3.63, 3.8) is 0 Å². The van der Waals surface area contributed by atoms with E-state index < -0.39 is 17.8 Å². The van der Waals surface area contributed by atoms with Crippen molar-refractivity contribution >= 4 is 23.5 Å². The zero-order valence-electron chi connectivity index (χ0n) is 15.1. The van der Waals surface area contributed by atoms with E-state index in [-0.39, 0.29) is 23.7 Å². The Bertz CT molecular complexity index is 797. The van der Waals surface area contributed by atoms with Crippen LogP contribution in [0.25, 0.3) is 0 Å². The number of allylic oxidation sites excluding steroid dienone is 2. The van der Waals surface area contributed by atoms with E-state index in [0.29, 0.717) is 17.7 Å². The molecule has 6 nitrogen and oxygen atoms in total. The summed E-state index contributed by atoms with van der Waals surface area (Å²) in [7, 11) is 0. The standard InChI is InChI=1S/C21H24N2O4/c24-19(17-13-7-8-14(11-13)18(17)21(26)27)22-16-6-4-5-15(12-16)20(25)23-9-2-1-3-10-23/h4-8,12-14,17-18H,1-3,9-11H2,(H,22,24)(H,26,27)/p-1/t13-,14+,17-,18+/m1/s1. The van der Waals surface area contributed by atoms with Crippen LogP contribution in [0.1, 0.15) is 36.0 Å². The fourth-order valence-corrected chi connectivity index (χ4v) is 4.74. The molecule has 0 aromatic heterocycles. The Labute approximate surface area is 158 Å². The molecule has 1 heterocycles. The Morgan fingerprint density at radius 3 is 2.41 bits per heavy atom. The van der Waals surface area contributed by atoms with Crippen molar-refractivity contribution in [2.24, 2.45) is 23.7 Å². The highest BCUT2D eigenvalue weighted by Gasteiger charge is 2.48. The van der Waals surface area contributed by atoms with Gasteiger partial charge in [-0.25, -0.2) is 0 Å². The smallest absolute Gasteiger partial charge is 0.253 e. The molecule has 1 aromatic carbocycles. The number of piperidine rings is 1. The molecule has 27 heavy (non-hydrogen) atoms. The van der Waals surface area contributed by atoms with Crippen LogP contribution in [0.2, 0.25) is 0 Å². The Kier molecular flexibility index (Phi) is 4.72. The maximum Gasteiger partial charge on any atom is 0.253 e. The molecule has 3 aliphatic rings. The molecule has 2 fully saturated rings. The van der Waals surface area contributed by atoms with Crippen LogP contribution in [0.4, 0.5) is 5.69 Å². The first-order valence-corrected chi connectivity index (χ1v) is 9.64. The van der Waals surface area contributed by atoms with E-state index in [0.717, 1.165) is 32.4 Å². The summed E-state index contributed by atoms with van der Waals surface area (Å²) in [5, 5.41) is 14.3. The minimum atomic E-state index is -1.17. The van der Waals surface area contributed by atoms with Gasteiger partial charge in [-0.05, 0) is 55.7 Å². The van der Waals surface area contributed by atoms with Gasteiger partial charge in [-0.2, -0.15) is 0 Å². The first-order chi connectivity index (χ1) is 13.0. The monoisotopic (exact) mass is 367 g/mol. The summed E-state index contributed by atoms with van der Waals surface area (Å²) in [6, 6.07) is 6.88. The number of nitrogens with zero attached hydrogens (tertiary/aromatic N) is 1. The second-order valence-corrected chi connectivity index (χ2v) is 7.74. The summed E-state index contributed by atoms with van der Waals surface area (Å²) in [6.45, 7) is 1.53. The van der Waals surface area contributed by atoms with Crippen molar-refractivity contribution in [2.75, 3.05) is 18.4 Å². The number of hydrogen-bond donors (Lipinski definition) is 1. The Morgan fingerprint density at radius 2 is 1.70 bits per heavy atom. The van der Waals surface area contributed by atoms with E-state index >= 15 is 0 Å². The minimum Gasteiger partial charge on any atom is -0.550 e. The molecular weight excluding hydrogens is 344 g/mol. The van der Waals surface area contributed by atoms with Crippen LogP contribution in [0.5, 0.6) is 0 Å². The number of amides is 2. The zero-order valence-corrected chi connectivity index (χ0v) is 15.1. The third-order valence-corrected chi connectivity index (χ3v) is 6.05. The van der Waals surface area contributed by atoms with Gasteiger partial charge in [0.2, 0.25) is 5.91 Å². The van der Waals surface area contributed by atoms with E-state index in [4.69, 9.17) is 0 Å². The van der Waals surface area contributed by atoms with Crippen LogP contribution in [-0.2, 0) is 9.59 Å². The van der Waals surface area contributed by atoms with E-state index in [2.05, 4.69) is 5.32 Å². The molecule has 2 amide bonds. The normalized spacial score (nSPS) is 29.0. The van der Waals surface area contributed by atoms with Crippen LogP contribution in [0.3, 0.4) is 0 Å². The quantitative estimate of drug-likeness (QED) is 0.816. The second-order valence-electron chi connectivity index (χ2n) is 7.74. The number of carbonyl (C=O) groups excluding carboxylic acids is 3. The molecule has 0 spiro atoms. The van der Waals surface area contributed by atoms with Gasteiger partial charge in [-0.1, -0.05) is 18.2 Å². The summed E-state index contributed by atoms with van der Waals surface area (Å²) in [4.78, 5) is 38.8. The topological polar surface area (TPSA) is 89.5 Å². The van der Waals surface area contributed by atoms with Crippen LogP contribution in [-0.4, -0.2) is 35.8 Å². The molecule has 1 N–H and O–H groups in total. The van der Waals surface area contributed by atoms with Gasteiger partial charge in [-0.3, -0.25) is 9.59 Å². The minimum absolute atomic E-state index is 0.0266. The summed E-state index contributed by atoms with van der Waals surface area (Å²) < 4.78 is 0. The molecule has 1 aromatic rings. The Balaban J connectivity index is 1.48. The lowest BCUT2D eigenvalue weighted by Gasteiger charge is -2.28. The fraction of sp³-hybridized carbons (Fsp3) is 0.476. The van der Waals surface area contributed by atoms with Gasteiger partial charge in [0.25, 0.3) is 5.91 Å². The lowest BCUT2D eigenvalue weighted by atomic mass is 9.82. The van der Waals surface area contributed by atoms with Gasteiger partial charge in [0.1, 0.15) is 0 Å². The zero-order chi connectivity index (χ0) is 19.0. The number of carbonyl (C=O) groups is 3.